The van der Waals surface area contributed by atoms with Gasteiger partial charge in [0.25, 0.3) is 0 Å². The van der Waals surface area contributed by atoms with Gasteiger partial charge in [-0.15, -0.1) is 5.10 Å². The largest absolute Gasteiger partial charge is 0.333 e. The second kappa shape index (κ2) is 5.10. The molecule has 0 radical (unpaired) electrons. The Balaban J connectivity index is 1.68. The number of hydrogen-bond donors (Lipinski definition) is 0. The van der Waals surface area contributed by atoms with Gasteiger partial charge in [-0.3, -0.25) is 0 Å². The Hall–Kier alpha value is -2.53. The van der Waals surface area contributed by atoms with Crippen LogP contribution in [0.4, 0.5) is 0 Å². The van der Waals surface area contributed by atoms with Crippen molar-refractivity contribution in [2.75, 3.05) is 0 Å². The zero-order valence-electron chi connectivity index (χ0n) is 11.2. The van der Waals surface area contributed by atoms with E-state index in [0.29, 0.717) is 0 Å². The van der Waals surface area contributed by atoms with Crippen LogP contribution in [-0.2, 0) is 6.54 Å². The number of nitrogens with zero attached hydrogens (tertiary/aromatic N) is 4. The van der Waals surface area contributed by atoms with Crippen molar-refractivity contribution in [3.05, 3.63) is 66.7 Å². The summed E-state index contributed by atoms with van der Waals surface area (Å²) in [6.45, 7) is 0.836. The minimum Gasteiger partial charge on any atom is -0.333 e. The molecule has 0 amide bonds. The Kier molecular flexibility index (Phi) is 2.97. The zero-order chi connectivity index (χ0) is 14.1. The molecule has 5 heteroatoms. The maximum absolute atomic E-state index is 4.23. The number of fused-ring (bicyclic) bond motifs is 1. The standard InChI is InChI=1S/C16H12N4S/c1-2-14(16-15(3-1)21-19-18-16)13-6-4-12(5-7-13)10-20-9-8-17-11-20/h1-9,11H,10H2. The van der Waals surface area contributed by atoms with Gasteiger partial charge in [0.15, 0.2) is 0 Å². The van der Waals surface area contributed by atoms with Gasteiger partial charge in [-0.2, -0.15) is 0 Å². The van der Waals surface area contributed by atoms with Crippen LogP contribution in [0.15, 0.2) is 61.2 Å². The summed E-state index contributed by atoms with van der Waals surface area (Å²) in [5.41, 5.74) is 4.53. The molecule has 0 aliphatic carbocycles. The van der Waals surface area contributed by atoms with Crippen LogP contribution in [0, 0.1) is 0 Å². The summed E-state index contributed by atoms with van der Waals surface area (Å²) in [4.78, 5) is 4.06. The fraction of sp³-hybridized carbons (Fsp3) is 0.0625. The summed E-state index contributed by atoms with van der Waals surface area (Å²) < 4.78 is 7.21. The third kappa shape index (κ3) is 2.32. The minimum atomic E-state index is 0.836. The molecule has 0 saturated heterocycles. The first-order valence-electron chi connectivity index (χ1n) is 6.66. The molecule has 0 bridgehead atoms. The van der Waals surface area contributed by atoms with Crippen LogP contribution in [0.3, 0.4) is 0 Å². The second-order valence-electron chi connectivity index (χ2n) is 4.86. The van der Waals surface area contributed by atoms with Crippen LogP contribution >= 0.6 is 11.5 Å². The predicted molar refractivity (Wildman–Crippen MR) is 84.2 cm³/mol. The van der Waals surface area contributed by atoms with Gasteiger partial charge < -0.3 is 4.57 Å². The highest BCUT2D eigenvalue weighted by molar-refractivity contribution is 7.13. The van der Waals surface area contributed by atoms with Crippen molar-refractivity contribution in [1.82, 2.24) is 19.1 Å². The van der Waals surface area contributed by atoms with Gasteiger partial charge in [0, 0.05) is 24.5 Å². The van der Waals surface area contributed by atoms with Crippen molar-refractivity contribution in [2.45, 2.75) is 6.54 Å². The smallest absolute Gasteiger partial charge is 0.113 e. The molecule has 0 aliphatic heterocycles. The highest BCUT2D eigenvalue weighted by atomic mass is 32.1. The van der Waals surface area contributed by atoms with E-state index in [-0.39, 0.29) is 0 Å². The number of imidazole rings is 1. The summed E-state index contributed by atoms with van der Waals surface area (Å²) in [6, 6.07) is 14.8. The first-order chi connectivity index (χ1) is 10.4. The number of aromatic nitrogens is 4. The van der Waals surface area contributed by atoms with E-state index in [0.717, 1.165) is 22.3 Å². The van der Waals surface area contributed by atoms with Crippen LogP contribution in [0.1, 0.15) is 5.56 Å². The summed E-state index contributed by atoms with van der Waals surface area (Å²) in [6.07, 6.45) is 5.59. The predicted octanol–water partition coefficient (Wildman–Crippen LogP) is 3.60. The van der Waals surface area contributed by atoms with E-state index in [2.05, 4.69) is 61.6 Å². The van der Waals surface area contributed by atoms with Crippen LogP contribution in [0.25, 0.3) is 21.3 Å². The Morgan fingerprint density at radius 1 is 1.05 bits per heavy atom. The van der Waals surface area contributed by atoms with Crippen molar-refractivity contribution in [3.8, 4) is 11.1 Å². The van der Waals surface area contributed by atoms with Gasteiger partial charge >= 0.3 is 0 Å². The third-order valence-corrected chi connectivity index (χ3v) is 4.16. The average molecular weight is 292 g/mol. The summed E-state index contributed by atoms with van der Waals surface area (Å²) in [5.74, 6) is 0. The van der Waals surface area contributed by atoms with E-state index < -0.39 is 0 Å². The van der Waals surface area contributed by atoms with E-state index in [4.69, 9.17) is 0 Å². The Labute approximate surface area is 125 Å². The van der Waals surface area contributed by atoms with Crippen LogP contribution in [0.2, 0.25) is 0 Å². The first-order valence-corrected chi connectivity index (χ1v) is 7.43. The highest BCUT2D eigenvalue weighted by Crippen LogP contribution is 2.28. The molecule has 0 atom stereocenters. The molecular weight excluding hydrogens is 280 g/mol. The lowest BCUT2D eigenvalue weighted by atomic mass is 10.0. The van der Waals surface area contributed by atoms with Gasteiger partial charge in [-0.25, -0.2) is 4.98 Å². The molecule has 0 fully saturated rings. The molecule has 21 heavy (non-hydrogen) atoms. The summed E-state index contributed by atoms with van der Waals surface area (Å²) >= 11 is 1.43. The van der Waals surface area contributed by atoms with E-state index in [1.165, 1.54) is 22.7 Å². The van der Waals surface area contributed by atoms with Crippen molar-refractivity contribution in [1.29, 1.82) is 0 Å². The Morgan fingerprint density at radius 2 is 1.95 bits per heavy atom. The van der Waals surface area contributed by atoms with E-state index in [1.54, 1.807) is 6.20 Å². The first kappa shape index (κ1) is 12.2. The van der Waals surface area contributed by atoms with Gasteiger partial charge in [-0.05, 0) is 28.7 Å². The normalized spacial score (nSPS) is 11.0. The number of benzene rings is 2. The van der Waals surface area contributed by atoms with E-state index >= 15 is 0 Å². The molecular formula is C16H12N4S. The fourth-order valence-corrected chi connectivity index (χ4v) is 3.01. The second-order valence-corrected chi connectivity index (χ2v) is 5.64. The van der Waals surface area contributed by atoms with E-state index in [1.807, 2.05) is 12.5 Å². The molecule has 0 aliphatic rings. The summed E-state index contributed by atoms with van der Waals surface area (Å²) in [7, 11) is 0. The van der Waals surface area contributed by atoms with Crippen molar-refractivity contribution in [3.63, 3.8) is 0 Å². The average Bonchev–Trinajstić information content (AvgIpc) is 3.18. The van der Waals surface area contributed by atoms with Crippen LogP contribution < -0.4 is 0 Å². The lowest BCUT2D eigenvalue weighted by Gasteiger charge is -2.06. The minimum absolute atomic E-state index is 0.836. The number of hydrogen-bond acceptors (Lipinski definition) is 4. The lowest BCUT2D eigenvalue weighted by molar-refractivity contribution is 0.797. The van der Waals surface area contributed by atoms with Crippen molar-refractivity contribution < 1.29 is 0 Å². The quantitative estimate of drug-likeness (QED) is 0.579. The molecule has 0 unspecified atom stereocenters. The maximum atomic E-state index is 4.23. The lowest BCUT2D eigenvalue weighted by Crippen LogP contribution is -1.95. The number of rotatable bonds is 3. The molecule has 4 rings (SSSR count). The molecule has 0 spiro atoms. The molecule has 0 saturated carbocycles. The molecule has 0 N–H and O–H groups in total. The van der Waals surface area contributed by atoms with Crippen molar-refractivity contribution in [2.24, 2.45) is 0 Å². The van der Waals surface area contributed by atoms with E-state index in [9.17, 15) is 0 Å². The highest BCUT2D eigenvalue weighted by Gasteiger charge is 2.07. The van der Waals surface area contributed by atoms with Gasteiger partial charge in [-0.1, -0.05) is 40.9 Å². The monoisotopic (exact) mass is 292 g/mol. The fourth-order valence-electron chi connectivity index (χ4n) is 2.42. The molecule has 2 aromatic heterocycles. The molecule has 2 heterocycles. The summed E-state index contributed by atoms with van der Waals surface area (Å²) in [5, 5.41) is 4.23. The topological polar surface area (TPSA) is 43.6 Å². The Bertz CT molecular complexity index is 863. The van der Waals surface area contributed by atoms with Gasteiger partial charge in [0.1, 0.15) is 5.52 Å². The molecule has 4 aromatic rings. The maximum Gasteiger partial charge on any atom is 0.113 e. The molecule has 4 nitrogen and oxygen atoms in total. The molecule has 2 aromatic carbocycles. The molecule has 102 valence electrons. The third-order valence-electron chi connectivity index (χ3n) is 3.47. The zero-order valence-corrected chi connectivity index (χ0v) is 12.0. The Morgan fingerprint density at radius 3 is 2.76 bits per heavy atom. The SMILES string of the molecule is c1cc(-c2ccc(Cn3ccnc3)cc2)c2nnsc2c1. The van der Waals surface area contributed by atoms with Crippen LogP contribution in [-0.4, -0.2) is 19.1 Å². The van der Waals surface area contributed by atoms with Gasteiger partial charge in [0.05, 0.1) is 11.0 Å². The van der Waals surface area contributed by atoms with Gasteiger partial charge in [0.2, 0.25) is 0 Å². The van der Waals surface area contributed by atoms with Crippen LogP contribution in [0.5, 0.6) is 0 Å². The van der Waals surface area contributed by atoms with Crippen molar-refractivity contribution >= 4 is 21.7 Å².